The number of nitrogens with zero attached hydrogens (tertiary/aromatic N) is 1. The van der Waals surface area contributed by atoms with Gasteiger partial charge >= 0.3 is 0 Å². The molecule has 3 nitrogen and oxygen atoms in total. The monoisotopic (exact) mass is 286 g/mol. The number of ether oxygens (including phenoxy) is 1. The van der Waals surface area contributed by atoms with Crippen LogP contribution in [0, 0.1) is 18.5 Å². The van der Waals surface area contributed by atoms with E-state index in [1.165, 1.54) is 24.0 Å². The maximum absolute atomic E-state index is 5.41. The number of nitrogens with one attached hydrogen (secondary N) is 1. The minimum Gasteiger partial charge on any atom is -0.497 e. The number of hydrogen-bond acceptors (Lipinski definition) is 3. The molecule has 0 radical (unpaired) electrons. The Morgan fingerprint density at radius 1 is 1.30 bits per heavy atom. The van der Waals surface area contributed by atoms with Crippen molar-refractivity contribution in [2.75, 3.05) is 7.11 Å². The first-order valence-electron chi connectivity index (χ1n) is 6.86. The third-order valence-corrected chi connectivity index (χ3v) is 4.24. The SMILES string of the molecule is COc1ccc(-c2[nH]c(C3CC3)nc(=S)c2C)c(C)c1. The topological polar surface area (TPSA) is 37.9 Å². The molecule has 0 amide bonds. The molecule has 0 aliphatic heterocycles. The van der Waals surface area contributed by atoms with Crippen molar-refractivity contribution < 1.29 is 4.74 Å². The highest BCUT2D eigenvalue weighted by Gasteiger charge is 2.26. The lowest BCUT2D eigenvalue weighted by Gasteiger charge is -2.12. The normalized spacial score (nSPS) is 14.3. The number of aryl methyl sites for hydroxylation is 1. The Kier molecular flexibility index (Phi) is 3.34. The molecular weight excluding hydrogens is 268 g/mol. The Morgan fingerprint density at radius 2 is 2.05 bits per heavy atom. The minimum atomic E-state index is 0.564. The molecule has 1 aliphatic rings. The van der Waals surface area contributed by atoms with Crippen molar-refractivity contribution in [2.45, 2.75) is 32.6 Å². The van der Waals surface area contributed by atoms with Crippen molar-refractivity contribution in [1.82, 2.24) is 9.97 Å². The van der Waals surface area contributed by atoms with E-state index in [1.807, 2.05) is 19.1 Å². The summed E-state index contributed by atoms with van der Waals surface area (Å²) in [5.74, 6) is 2.47. The van der Waals surface area contributed by atoms with Crippen LogP contribution in [0.15, 0.2) is 18.2 Å². The van der Waals surface area contributed by atoms with Gasteiger partial charge < -0.3 is 9.72 Å². The number of methoxy groups -OCH3 is 1. The Bertz CT molecular complexity index is 717. The Morgan fingerprint density at radius 3 is 2.65 bits per heavy atom. The lowest BCUT2D eigenvalue weighted by Crippen LogP contribution is -2.00. The van der Waals surface area contributed by atoms with Gasteiger partial charge in [0.2, 0.25) is 0 Å². The lowest BCUT2D eigenvalue weighted by molar-refractivity contribution is 0.414. The van der Waals surface area contributed by atoms with E-state index in [0.717, 1.165) is 22.8 Å². The van der Waals surface area contributed by atoms with Gasteiger partial charge in [-0.25, -0.2) is 4.98 Å². The minimum absolute atomic E-state index is 0.564. The zero-order valence-electron chi connectivity index (χ0n) is 12.0. The van der Waals surface area contributed by atoms with Gasteiger partial charge in [0.15, 0.2) is 0 Å². The van der Waals surface area contributed by atoms with E-state index in [1.54, 1.807) is 7.11 Å². The molecule has 1 aromatic carbocycles. The number of rotatable bonds is 3. The zero-order chi connectivity index (χ0) is 14.3. The van der Waals surface area contributed by atoms with Gasteiger partial charge in [-0.3, -0.25) is 0 Å². The third kappa shape index (κ3) is 2.36. The van der Waals surface area contributed by atoms with Crippen LogP contribution in [-0.4, -0.2) is 17.1 Å². The van der Waals surface area contributed by atoms with Gasteiger partial charge in [-0.15, -0.1) is 0 Å². The smallest absolute Gasteiger partial charge is 0.133 e. The highest BCUT2D eigenvalue weighted by atomic mass is 32.1. The quantitative estimate of drug-likeness (QED) is 0.854. The predicted molar refractivity (Wildman–Crippen MR) is 82.9 cm³/mol. The molecule has 0 bridgehead atoms. The second-order valence-corrected chi connectivity index (χ2v) is 5.77. The molecule has 20 heavy (non-hydrogen) atoms. The number of H-pyrrole nitrogens is 1. The van der Waals surface area contributed by atoms with Crippen LogP contribution in [0.3, 0.4) is 0 Å². The molecule has 0 spiro atoms. The summed E-state index contributed by atoms with van der Waals surface area (Å²) in [5.41, 5.74) is 4.47. The van der Waals surface area contributed by atoms with E-state index in [9.17, 15) is 0 Å². The van der Waals surface area contributed by atoms with Crippen molar-refractivity contribution in [2.24, 2.45) is 0 Å². The van der Waals surface area contributed by atoms with E-state index in [4.69, 9.17) is 17.0 Å². The highest BCUT2D eigenvalue weighted by molar-refractivity contribution is 7.71. The van der Waals surface area contributed by atoms with Crippen LogP contribution in [0.25, 0.3) is 11.3 Å². The van der Waals surface area contributed by atoms with Gasteiger partial charge in [-0.1, -0.05) is 12.2 Å². The van der Waals surface area contributed by atoms with E-state index < -0.39 is 0 Å². The molecule has 2 aromatic rings. The number of aromatic nitrogens is 2. The first-order valence-corrected chi connectivity index (χ1v) is 7.27. The summed E-state index contributed by atoms with van der Waals surface area (Å²) in [7, 11) is 1.69. The zero-order valence-corrected chi connectivity index (χ0v) is 12.8. The fourth-order valence-electron chi connectivity index (χ4n) is 2.41. The number of hydrogen-bond donors (Lipinski definition) is 1. The van der Waals surface area contributed by atoms with Gasteiger partial charge in [0, 0.05) is 17.0 Å². The van der Waals surface area contributed by atoms with Crippen molar-refractivity contribution in [3.8, 4) is 17.0 Å². The second-order valence-electron chi connectivity index (χ2n) is 5.38. The van der Waals surface area contributed by atoms with Gasteiger partial charge in [0.05, 0.1) is 12.8 Å². The van der Waals surface area contributed by atoms with Crippen molar-refractivity contribution >= 4 is 12.2 Å². The van der Waals surface area contributed by atoms with Crippen molar-refractivity contribution in [3.05, 3.63) is 39.8 Å². The molecule has 1 saturated carbocycles. The van der Waals surface area contributed by atoms with Crippen LogP contribution in [0.4, 0.5) is 0 Å². The molecule has 0 atom stereocenters. The van der Waals surface area contributed by atoms with E-state index in [2.05, 4.69) is 23.0 Å². The average Bonchev–Trinajstić information content (AvgIpc) is 3.26. The molecule has 1 aliphatic carbocycles. The van der Waals surface area contributed by atoms with Crippen LogP contribution in [0.2, 0.25) is 0 Å². The summed E-state index contributed by atoms with van der Waals surface area (Å²) in [4.78, 5) is 8.01. The van der Waals surface area contributed by atoms with E-state index in [0.29, 0.717) is 10.6 Å². The molecule has 1 fully saturated rings. The van der Waals surface area contributed by atoms with Crippen LogP contribution in [0.5, 0.6) is 5.75 Å². The highest BCUT2D eigenvalue weighted by Crippen LogP contribution is 2.39. The Hall–Kier alpha value is -1.68. The standard InChI is InChI=1S/C16H18N2OS/c1-9-8-12(19-3)6-7-13(9)14-10(2)16(20)18-15(17-14)11-4-5-11/h6-8,11H,4-5H2,1-3H3,(H,17,18,20). The average molecular weight is 286 g/mol. The molecule has 1 N–H and O–H groups in total. The molecule has 104 valence electrons. The lowest BCUT2D eigenvalue weighted by atomic mass is 10.0. The Balaban J connectivity index is 2.15. The van der Waals surface area contributed by atoms with Gasteiger partial charge in [0.1, 0.15) is 16.2 Å². The molecule has 4 heteroatoms. The van der Waals surface area contributed by atoms with Crippen molar-refractivity contribution in [3.63, 3.8) is 0 Å². The summed E-state index contributed by atoms with van der Waals surface area (Å²) >= 11 is 5.41. The first kappa shape index (κ1) is 13.3. The van der Waals surface area contributed by atoms with Crippen molar-refractivity contribution in [1.29, 1.82) is 0 Å². The number of aromatic amines is 1. The van der Waals surface area contributed by atoms with Crippen LogP contribution < -0.4 is 4.74 Å². The summed E-state index contributed by atoms with van der Waals surface area (Å²) in [5, 5.41) is 0. The molecular formula is C16H18N2OS. The van der Waals surface area contributed by atoms with Crippen LogP contribution in [-0.2, 0) is 0 Å². The summed E-state index contributed by atoms with van der Waals surface area (Å²) in [6.45, 7) is 4.12. The van der Waals surface area contributed by atoms with Crippen LogP contribution in [0.1, 0.15) is 35.7 Å². The predicted octanol–water partition coefficient (Wildman–Crippen LogP) is 4.31. The molecule has 1 heterocycles. The van der Waals surface area contributed by atoms with Gasteiger partial charge in [-0.2, -0.15) is 0 Å². The molecule has 0 saturated heterocycles. The van der Waals surface area contributed by atoms with E-state index in [-0.39, 0.29) is 0 Å². The third-order valence-electron chi connectivity index (χ3n) is 3.84. The second kappa shape index (κ2) is 5.02. The number of benzene rings is 1. The summed E-state index contributed by atoms with van der Waals surface area (Å²) < 4.78 is 5.97. The maximum Gasteiger partial charge on any atom is 0.133 e. The van der Waals surface area contributed by atoms with Crippen LogP contribution >= 0.6 is 12.2 Å². The molecule has 3 rings (SSSR count). The molecule has 0 unspecified atom stereocenters. The van der Waals surface area contributed by atoms with Gasteiger partial charge in [0.25, 0.3) is 0 Å². The Labute approximate surface area is 124 Å². The fraction of sp³-hybridized carbons (Fsp3) is 0.375. The molecule has 1 aromatic heterocycles. The summed E-state index contributed by atoms with van der Waals surface area (Å²) in [6.07, 6.45) is 2.42. The largest absolute Gasteiger partial charge is 0.497 e. The van der Waals surface area contributed by atoms with E-state index >= 15 is 0 Å². The summed E-state index contributed by atoms with van der Waals surface area (Å²) in [6, 6.07) is 6.11. The first-order chi connectivity index (χ1) is 9.60. The fourth-order valence-corrected chi connectivity index (χ4v) is 2.61. The maximum atomic E-state index is 5.41. The van der Waals surface area contributed by atoms with Gasteiger partial charge in [-0.05, 0) is 50.5 Å².